The maximum Gasteiger partial charge on any atom is 0.0699 e. The quantitative estimate of drug-likeness (QED) is 0.825. The van der Waals surface area contributed by atoms with Gasteiger partial charge >= 0.3 is 0 Å². The zero-order chi connectivity index (χ0) is 16.2. The summed E-state index contributed by atoms with van der Waals surface area (Å²) in [5.74, 6) is 0.365. The summed E-state index contributed by atoms with van der Waals surface area (Å²) >= 11 is 0. The van der Waals surface area contributed by atoms with E-state index in [1.165, 1.54) is 5.56 Å². The van der Waals surface area contributed by atoms with Crippen LogP contribution in [-0.4, -0.2) is 27.0 Å². The van der Waals surface area contributed by atoms with E-state index in [2.05, 4.69) is 44.4 Å². The molecule has 1 atom stereocenters. The van der Waals surface area contributed by atoms with Gasteiger partial charge in [0.15, 0.2) is 0 Å². The van der Waals surface area contributed by atoms with Gasteiger partial charge < -0.3 is 10.4 Å². The van der Waals surface area contributed by atoms with Gasteiger partial charge in [-0.2, -0.15) is 5.10 Å². The van der Waals surface area contributed by atoms with Gasteiger partial charge in [-0.3, -0.25) is 0 Å². The fourth-order valence-corrected chi connectivity index (χ4v) is 2.36. The van der Waals surface area contributed by atoms with Crippen molar-refractivity contribution in [2.24, 2.45) is 0 Å². The van der Waals surface area contributed by atoms with Crippen LogP contribution in [0.5, 0.6) is 0 Å². The highest BCUT2D eigenvalue weighted by atomic mass is 16.3. The molecule has 0 aliphatic heterocycles. The van der Waals surface area contributed by atoms with Crippen LogP contribution < -0.4 is 5.32 Å². The Morgan fingerprint density at radius 1 is 1.27 bits per heavy atom. The summed E-state index contributed by atoms with van der Waals surface area (Å²) in [5.41, 5.74) is 3.11. The van der Waals surface area contributed by atoms with E-state index in [0.29, 0.717) is 12.5 Å². The summed E-state index contributed by atoms with van der Waals surface area (Å²) in [7, 11) is 0. The van der Waals surface area contributed by atoms with Gasteiger partial charge in [-0.15, -0.1) is 0 Å². The number of hydrogen-bond donors (Lipinski definition) is 2. The van der Waals surface area contributed by atoms with E-state index in [0.717, 1.165) is 17.8 Å². The zero-order valence-electron chi connectivity index (χ0n) is 14.0. The highest BCUT2D eigenvalue weighted by molar-refractivity contribution is 5.33. The Labute approximate surface area is 133 Å². The number of nitrogens with zero attached hydrogens (tertiary/aromatic N) is 2. The molecule has 0 aliphatic rings. The Morgan fingerprint density at radius 2 is 1.95 bits per heavy atom. The molecule has 2 aromatic rings. The molecule has 120 valence electrons. The van der Waals surface area contributed by atoms with Gasteiger partial charge in [-0.25, -0.2) is 4.68 Å². The number of nitrogens with one attached hydrogen (secondary N) is 1. The first-order valence-electron chi connectivity index (χ1n) is 7.99. The standard InChI is InChI=1S/C18H27N3O/c1-5-18(4,13-22)19-11-15-12-21(20-17(15)14(2)3)16-9-7-6-8-10-16/h6-10,12,14,19,22H,5,11,13H2,1-4H3. The molecule has 2 rings (SSSR count). The molecular weight excluding hydrogens is 274 g/mol. The topological polar surface area (TPSA) is 50.1 Å². The lowest BCUT2D eigenvalue weighted by Gasteiger charge is -2.27. The Kier molecular flexibility index (Phi) is 5.37. The molecule has 0 saturated heterocycles. The fraction of sp³-hybridized carbons (Fsp3) is 0.500. The normalized spacial score (nSPS) is 14.3. The van der Waals surface area contributed by atoms with Crippen molar-refractivity contribution in [3.8, 4) is 5.69 Å². The average molecular weight is 301 g/mol. The maximum absolute atomic E-state index is 9.54. The van der Waals surface area contributed by atoms with Crippen molar-refractivity contribution < 1.29 is 5.11 Å². The lowest BCUT2D eigenvalue weighted by atomic mass is 9.99. The molecule has 1 unspecified atom stereocenters. The second kappa shape index (κ2) is 7.07. The summed E-state index contributed by atoms with van der Waals surface area (Å²) in [6.45, 7) is 9.29. The van der Waals surface area contributed by atoms with Crippen molar-refractivity contribution in [1.29, 1.82) is 0 Å². The van der Waals surface area contributed by atoms with Crippen LogP contribution in [-0.2, 0) is 6.54 Å². The van der Waals surface area contributed by atoms with Crippen LogP contribution >= 0.6 is 0 Å². The monoisotopic (exact) mass is 301 g/mol. The third-order valence-corrected chi connectivity index (χ3v) is 4.23. The molecule has 0 bridgehead atoms. The van der Waals surface area contributed by atoms with Crippen LogP contribution in [0.3, 0.4) is 0 Å². The number of aliphatic hydroxyl groups excluding tert-OH is 1. The van der Waals surface area contributed by atoms with Crippen molar-refractivity contribution in [1.82, 2.24) is 15.1 Å². The predicted molar refractivity (Wildman–Crippen MR) is 90.3 cm³/mol. The van der Waals surface area contributed by atoms with E-state index in [-0.39, 0.29) is 12.1 Å². The molecule has 4 nitrogen and oxygen atoms in total. The highest BCUT2D eigenvalue weighted by Crippen LogP contribution is 2.21. The van der Waals surface area contributed by atoms with E-state index in [4.69, 9.17) is 5.10 Å². The van der Waals surface area contributed by atoms with E-state index in [9.17, 15) is 5.11 Å². The van der Waals surface area contributed by atoms with E-state index in [1.54, 1.807) is 0 Å². The van der Waals surface area contributed by atoms with Crippen molar-refractivity contribution in [2.75, 3.05) is 6.61 Å². The van der Waals surface area contributed by atoms with Gasteiger partial charge in [0.1, 0.15) is 0 Å². The van der Waals surface area contributed by atoms with Crippen LogP contribution in [0.2, 0.25) is 0 Å². The zero-order valence-corrected chi connectivity index (χ0v) is 14.0. The van der Waals surface area contributed by atoms with Crippen LogP contribution in [0, 0.1) is 0 Å². The Hall–Kier alpha value is -1.65. The first-order chi connectivity index (χ1) is 10.5. The van der Waals surface area contributed by atoms with Crippen molar-refractivity contribution in [2.45, 2.75) is 52.1 Å². The molecule has 0 radical (unpaired) electrons. The van der Waals surface area contributed by atoms with Crippen molar-refractivity contribution in [3.05, 3.63) is 47.8 Å². The summed E-state index contributed by atoms with van der Waals surface area (Å²) in [6, 6.07) is 10.1. The molecule has 1 heterocycles. The van der Waals surface area contributed by atoms with Crippen molar-refractivity contribution in [3.63, 3.8) is 0 Å². The van der Waals surface area contributed by atoms with Gasteiger partial charge in [-0.1, -0.05) is 39.0 Å². The van der Waals surface area contributed by atoms with Gasteiger partial charge in [0.2, 0.25) is 0 Å². The SMILES string of the molecule is CCC(C)(CO)NCc1cn(-c2ccccc2)nc1C(C)C. The molecule has 0 fully saturated rings. The highest BCUT2D eigenvalue weighted by Gasteiger charge is 2.21. The van der Waals surface area contributed by atoms with Crippen LogP contribution in [0.1, 0.15) is 51.3 Å². The van der Waals surface area contributed by atoms with Gasteiger partial charge in [-0.05, 0) is 31.4 Å². The van der Waals surface area contributed by atoms with Crippen LogP contribution in [0.15, 0.2) is 36.5 Å². The van der Waals surface area contributed by atoms with Crippen LogP contribution in [0.25, 0.3) is 5.69 Å². The Morgan fingerprint density at radius 3 is 2.50 bits per heavy atom. The second-order valence-corrected chi connectivity index (χ2v) is 6.40. The molecule has 4 heteroatoms. The van der Waals surface area contributed by atoms with E-state index in [1.807, 2.05) is 29.8 Å². The minimum Gasteiger partial charge on any atom is -0.394 e. The number of para-hydroxylation sites is 1. The lowest BCUT2D eigenvalue weighted by Crippen LogP contribution is -2.44. The number of benzene rings is 1. The predicted octanol–water partition coefficient (Wildman–Crippen LogP) is 3.25. The van der Waals surface area contributed by atoms with Crippen LogP contribution in [0.4, 0.5) is 0 Å². The summed E-state index contributed by atoms with van der Waals surface area (Å²) in [5, 5.41) is 17.8. The first-order valence-corrected chi connectivity index (χ1v) is 7.99. The van der Waals surface area contributed by atoms with Gasteiger partial charge in [0, 0.05) is 23.8 Å². The first kappa shape index (κ1) is 16.7. The number of aromatic nitrogens is 2. The summed E-state index contributed by atoms with van der Waals surface area (Å²) in [6.07, 6.45) is 2.97. The number of rotatable bonds is 7. The Bertz CT molecular complexity index is 586. The molecular formula is C18H27N3O. The molecule has 1 aromatic heterocycles. The lowest BCUT2D eigenvalue weighted by molar-refractivity contribution is 0.169. The molecule has 0 aliphatic carbocycles. The number of hydrogen-bond acceptors (Lipinski definition) is 3. The minimum absolute atomic E-state index is 0.132. The Balaban J connectivity index is 2.25. The largest absolute Gasteiger partial charge is 0.394 e. The fourth-order valence-electron chi connectivity index (χ4n) is 2.36. The molecule has 22 heavy (non-hydrogen) atoms. The average Bonchev–Trinajstić information content (AvgIpc) is 2.98. The van der Waals surface area contributed by atoms with E-state index < -0.39 is 0 Å². The van der Waals surface area contributed by atoms with Gasteiger partial charge in [0.25, 0.3) is 0 Å². The smallest absolute Gasteiger partial charge is 0.0699 e. The minimum atomic E-state index is -0.247. The second-order valence-electron chi connectivity index (χ2n) is 6.40. The molecule has 0 amide bonds. The maximum atomic E-state index is 9.54. The molecule has 2 N–H and O–H groups in total. The summed E-state index contributed by atoms with van der Waals surface area (Å²) in [4.78, 5) is 0. The summed E-state index contributed by atoms with van der Waals surface area (Å²) < 4.78 is 1.94. The van der Waals surface area contributed by atoms with Crippen molar-refractivity contribution >= 4 is 0 Å². The third-order valence-electron chi connectivity index (χ3n) is 4.23. The molecule has 0 saturated carbocycles. The molecule has 0 spiro atoms. The number of aliphatic hydroxyl groups is 1. The molecule has 1 aromatic carbocycles. The van der Waals surface area contributed by atoms with E-state index >= 15 is 0 Å². The van der Waals surface area contributed by atoms with Gasteiger partial charge in [0.05, 0.1) is 18.0 Å². The third kappa shape index (κ3) is 3.76.